The standard InChI is InChI=1S/C27H29N7O3/c35-27-21(13-19-14-23-24(15-22(19)28-27)37-12-11-36-23)25(33-10-9-32-8-4-7-20(32)17-33)26-29-30-31-34(26)16-18-5-2-1-3-6-18/h1-3,5-6,13-15,20,25H,4,7-12,16-17H2,(H,28,35)/t20-,25+/m0/s1. The van der Waals surface area contributed by atoms with E-state index in [9.17, 15) is 4.79 Å². The molecule has 5 heterocycles. The number of fused-ring (bicyclic) bond motifs is 3. The van der Waals surface area contributed by atoms with Gasteiger partial charge in [-0.05, 0) is 47.5 Å². The van der Waals surface area contributed by atoms with Crippen LogP contribution in [-0.4, -0.2) is 80.4 Å². The van der Waals surface area contributed by atoms with Crippen molar-refractivity contribution in [2.24, 2.45) is 0 Å². The molecule has 37 heavy (non-hydrogen) atoms. The lowest BCUT2D eigenvalue weighted by atomic mass is 10.0. The number of aromatic amines is 1. The summed E-state index contributed by atoms with van der Waals surface area (Å²) in [7, 11) is 0. The average molecular weight is 500 g/mol. The van der Waals surface area contributed by atoms with Crippen molar-refractivity contribution >= 4 is 10.9 Å². The van der Waals surface area contributed by atoms with Crippen molar-refractivity contribution in [3.8, 4) is 11.5 Å². The predicted octanol–water partition coefficient (Wildman–Crippen LogP) is 2.20. The zero-order valence-electron chi connectivity index (χ0n) is 20.5. The van der Waals surface area contributed by atoms with Crippen LogP contribution in [0, 0.1) is 0 Å². The largest absolute Gasteiger partial charge is 0.486 e. The van der Waals surface area contributed by atoms with E-state index in [2.05, 4.69) is 42.4 Å². The zero-order valence-corrected chi connectivity index (χ0v) is 20.5. The molecule has 3 aliphatic heterocycles. The van der Waals surface area contributed by atoms with Crippen LogP contribution in [0.15, 0.2) is 53.3 Å². The summed E-state index contributed by atoms with van der Waals surface area (Å²) >= 11 is 0. The van der Waals surface area contributed by atoms with Crippen LogP contribution in [0.25, 0.3) is 10.9 Å². The van der Waals surface area contributed by atoms with E-state index in [-0.39, 0.29) is 11.6 Å². The summed E-state index contributed by atoms with van der Waals surface area (Å²) in [6.45, 7) is 5.40. The molecular weight excluding hydrogens is 470 g/mol. The van der Waals surface area contributed by atoms with Gasteiger partial charge in [-0.1, -0.05) is 30.3 Å². The molecule has 0 radical (unpaired) electrons. The Labute approximate surface area is 213 Å². The van der Waals surface area contributed by atoms with Crippen LogP contribution in [0.3, 0.4) is 0 Å². The summed E-state index contributed by atoms with van der Waals surface area (Å²) in [6.07, 6.45) is 2.40. The lowest BCUT2D eigenvalue weighted by molar-refractivity contribution is 0.0790. The number of benzene rings is 2. The number of nitrogens with zero attached hydrogens (tertiary/aromatic N) is 6. The first kappa shape index (κ1) is 22.4. The molecule has 2 aromatic carbocycles. The Hall–Kier alpha value is -3.76. The van der Waals surface area contributed by atoms with E-state index in [1.165, 1.54) is 12.8 Å². The molecule has 7 rings (SSSR count). The third kappa shape index (κ3) is 4.15. The van der Waals surface area contributed by atoms with Gasteiger partial charge in [0.1, 0.15) is 19.3 Å². The van der Waals surface area contributed by atoms with Crippen LogP contribution >= 0.6 is 0 Å². The molecule has 0 amide bonds. The highest BCUT2D eigenvalue weighted by Gasteiger charge is 2.37. The van der Waals surface area contributed by atoms with E-state index >= 15 is 0 Å². The van der Waals surface area contributed by atoms with Crippen LogP contribution in [0.5, 0.6) is 11.5 Å². The Morgan fingerprint density at radius 1 is 1.03 bits per heavy atom. The first-order valence-corrected chi connectivity index (χ1v) is 13.0. The fraction of sp³-hybridized carbons (Fsp3) is 0.407. The molecule has 10 nitrogen and oxygen atoms in total. The normalized spacial score (nSPS) is 20.7. The fourth-order valence-corrected chi connectivity index (χ4v) is 5.99. The molecule has 2 fully saturated rings. The molecule has 2 saturated heterocycles. The molecule has 1 N–H and O–H groups in total. The van der Waals surface area contributed by atoms with Crippen molar-refractivity contribution < 1.29 is 9.47 Å². The SMILES string of the molecule is O=c1[nH]c2cc3c(cc2cc1[C@H](c1nnnn1Cc1ccccc1)N1CCN2CCC[C@H]2C1)OCCO3. The lowest BCUT2D eigenvalue weighted by Crippen LogP contribution is -2.52. The van der Waals surface area contributed by atoms with E-state index in [0.29, 0.717) is 48.7 Å². The minimum absolute atomic E-state index is 0.141. The number of pyridine rings is 1. The molecule has 0 aliphatic carbocycles. The molecule has 0 spiro atoms. The van der Waals surface area contributed by atoms with Gasteiger partial charge >= 0.3 is 0 Å². The van der Waals surface area contributed by atoms with Crippen molar-refractivity contribution in [1.82, 2.24) is 35.0 Å². The maximum Gasteiger partial charge on any atom is 0.253 e. The summed E-state index contributed by atoms with van der Waals surface area (Å²) in [5, 5.41) is 13.8. The molecule has 0 unspecified atom stereocenters. The Bertz CT molecular complexity index is 1480. The number of nitrogens with one attached hydrogen (secondary N) is 1. The number of hydrogen-bond donors (Lipinski definition) is 1. The van der Waals surface area contributed by atoms with E-state index in [0.717, 1.165) is 42.6 Å². The van der Waals surface area contributed by atoms with Gasteiger partial charge in [-0.25, -0.2) is 4.68 Å². The first-order valence-electron chi connectivity index (χ1n) is 13.0. The van der Waals surface area contributed by atoms with Crippen LogP contribution < -0.4 is 15.0 Å². The lowest BCUT2D eigenvalue weighted by Gasteiger charge is -2.41. The third-order valence-corrected chi connectivity index (χ3v) is 7.79. The fourth-order valence-electron chi connectivity index (χ4n) is 5.99. The van der Waals surface area contributed by atoms with Gasteiger partial charge in [-0.3, -0.25) is 14.6 Å². The molecule has 10 heteroatoms. The maximum absolute atomic E-state index is 13.6. The van der Waals surface area contributed by atoms with E-state index in [1.807, 2.05) is 41.1 Å². The van der Waals surface area contributed by atoms with Crippen LogP contribution in [0.2, 0.25) is 0 Å². The second-order valence-corrected chi connectivity index (χ2v) is 10.0. The van der Waals surface area contributed by atoms with Crippen LogP contribution in [-0.2, 0) is 6.54 Å². The minimum Gasteiger partial charge on any atom is -0.486 e. The van der Waals surface area contributed by atoms with Crippen molar-refractivity contribution in [3.63, 3.8) is 0 Å². The van der Waals surface area contributed by atoms with E-state index < -0.39 is 0 Å². The Morgan fingerprint density at radius 3 is 2.73 bits per heavy atom. The Balaban J connectivity index is 1.33. The maximum atomic E-state index is 13.6. The summed E-state index contributed by atoms with van der Waals surface area (Å²) in [4.78, 5) is 21.7. The van der Waals surface area contributed by atoms with Crippen molar-refractivity contribution in [2.75, 3.05) is 39.4 Å². The first-order chi connectivity index (χ1) is 18.2. The van der Waals surface area contributed by atoms with Crippen molar-refractivity contribution in [2.45, 2.75) is 31.5 Å². The highest BCUT2D eigenvalue weighted by atomic mass is 16.6. The van der Waals surface area contributed by atoms with Crippen molar-refractivity contribution in [1.29, 1.82) is 0 Å². The topological polar surface area (TPSA) is 101 Å². The number of aromatic nitrogens is 5. The quantitative estimate of drug-likeness (QED) is 0.446. The average Bonchev–Trinajstić information content (AvgIpc) is 3.58. The third-order valence-electron chi connectivity index (χ3n) is 7.79. The van der Waals surface area contributed by atoms with Gasteiger partial charge in [0.2, 0.25) is 0 Å². The smallest absolute Gasteiger partial charge is 0.253 e. The van der Waals surface area contributed by atoms with Gasteiger partial charge in [0.05, 0.1) is 12.1 Å². The minimum atomic E-state index is -0.372. The molecule has 3 aliphatic rings. The van der Waals surface area contributed by atoms with Gasteiger partial charge in [-0.15, -0.1) is 5.10 Å². The number of piperazine rings is 1. The number of H-pyrrole nitrogens is 1. The van der Waals surface area contributed by atoms with Crippen LogP contribution in [0.4, 0.5) is 0 Å². The number of hydrogen-bond acceptors (Lipinski definition) is 8. The molecular formula is C27H29N7O3. The second-order valence-electron chi connectivity index (χ2n) is 10.0. The Morgan fingerprint density at radius 2 is 1.86 bits per heavy atom. The summed E-state index contributed by atoms with van der Waals surface area (Å²) in [5.74, 6) is 2.03. The van der Waals surface area contributed by atoms with E-state index in [4.69, 9.17) is 9.47 Å². The molecule has 190 valence electrons. The molecule has 2 atom stereocenters. The molecule has 0 saturated carbocycles. The molecule has 4 aromatic rings. The predicted molar refractivity (Wildman–Crippen MR) is 137 cm³/mol. The van der Waals surface area contributed by atoms with E-state index in [1.54, 1.807) is 0 Å². The van der Waals surface area contributed by atoms with Crippen molar-refractivity contribution in [3.05, 3.63) is 75.8 Å². The summed E-state index contributed by atoms with van der Waals surface area (Å²) in [5.41, 5.74) is 2.32. The summed E-state index contributed by atoms with van der Waals surface area (Å²) < 4.78 is 13.4. The van der Waals surface area contributed by atoms with Gasteiger partial charge < -0.3 is 14.5 Å². The van der Waals surface area contributed by atoms with Gasteiger partial charge in [-0.2, -0.15) is 0 Å². The molecule has 2 aromatic heterocycles. The highest BCUT2D eigenvalue weighted by molar-refractivity contribution is 5.83. The number of rotatable bonds is 5. The highest BCUT2D eigenvalue weighted by Crippen LogP contribution is 2.36. The zero-order chi connectivity index (χ0) is 24.8. The van der Waals surface area contributed by atoms with Gasteiger partial charge in [0.25, 0.3) is 5.56 Å². The Kier molecular flexibility index (Phi) is 5.63. The van der Waals surface area contributed by atoms with Gasteiger partial charge in [0.15, 0.2) is 17.3 Å². The second kappa shape index (κ2) is 9.28. The molecule has 0 bridgehead atoms. The summed E-state index contributed by atoms with van der Waals surface area (Å²) in [6, 6.07) is 16.0. The monoisotopic (exact) mass is 499 g/mol. The van der Waals surface area contributed by atoms with Crippen LogP contribution in [0.1, 0.15) is 35.8 Å². The van der Waals surface area contributed by atoms with Gasteiger partial charge in [0, 0.05) is 42.7 Å². The number of tetrazole rings is 1. The number of ether oxygens (including phenoxy) is 2.